The first-order valence-electron chi connectivity index (χ1n) is 11.1. The molecule has 0 spiro atoms. The van der Waals surface area contributed by atoms with Crippen LogP contribution in [0.5, 0.6) is 5.75 Å². The molecule has 8 heteroatoms. The van der Waals surface area contributed by atoms with Crippen LogP contribution >= 0.6 is 0 Å². The Bertz CT molecular complexity index is 1080. The van der Waals surface area contributed by atoms with Crippen LogP contribution in [0.3, 0.4) is 0 Å². The average Bonchev–Trinajstić information content (AvgIpc) is 3.29. The maximum Gasteiger partial charge on any atom is 0.210 e. The highest BCUT2D eigenvalue weighted by molar-refractivity contribution is 6.00. The molecule has 1 aromatic heterocycles. The van der Waals surface area contributed by atoms with Crippen LogP contribution in [0.4, 0.5) is 4.39 Å². The van der Waals surface area contributed by atoms with Crippen LogP contribution in [0.25, 0.3) is 11.8 Å². The van der Waals surface area contributed by atoms with Gasteiger partial charge >= 0.3 is 0 Å². The van der Waals surface area contributed by atoms with Gasteiger partial charge < -0.3 is 23.8 Å². The zero-order valence-corrected chi connectivity index (χ0v) is 20.7. The van der Waals surface area contributed by atoms with Crippen molar-refractivity contribution >= 4 is 11.9 Å². The van der Waals surface area contributed by atoms with Crippen LogP contribution in [0.15, 0.2) is 72.0 Å². The van der Waals surface area contributed by atoms with E-state index in [9.17, 15) is 4.39 Å². The Balaban J connectivity index is 0.000000384. The summed E-state index contributed by atoms with van der Waals surface area (Å²) in [6.45, 7) is 7.33. The molecule has 0 unspecified atom stereocenters. The lowest BCUT2D eigenvalue weighted by Crippen LogP contribution is -2.37. The predicted octanol–water partition coefficient (Wildman–Crippen LogP) is 5.30. The van der Waals surface area contributed by atoms with E-state index >= 15 is 0 Å². The van der Waals surface area contributed by atoms with Gasteiger partial charge in [-0.05, 0) is 42.8 Å². The van der Waals surface area contributed by atoms with Crippen LogP contribution in [0.2, 0.25) is 0 Å². The number of nitrogens with zero attached hydrogens (tertiary/aromatic N) is 4. The minimum absolute atomic E-state index is 0.178. The average molecular weight is 469 g/mol. The molecule has 1 aliphatic heterocycles. The zero-order chi connectivity index (χ0) is 24.9. The van der Waals surface area contributed by atoms with E-state index in [1.165, 1.54) is 19.2 Å². The van der Waals surface area contributed by atoms with Crippen molar-refractivity contribution in [3.63, 3.8) is 0 Å². The van der Waals surface area contributed by atoms with Crippen molar-refractivity contribution in [2.45, 2.75) is 20.8 Å². The van der Waals surface area contributed by atoms with Crippen molar-refractivity contribution in [2.75, 3.05) is 34.4 Å². The summed E-state index contributed by atoms with van der Waals surface area (Å²) in [6, 6.07) is 13.9. The lowest BCUT2D eigenvalue weighted by atomic mass is 10.1. The third kappa shape index (κ3) is 7.37. The predicted molar refractivity (Wildman–Crippen MR) is 134 cm³/mol. The molecule has 2 heterocycles. The minimum Gasteiger partial charge on any atom is -0.495 e. The van der Waals surface area contributed by atoms with Crippen LogP contribution in [0.1, 0.15) is 25.1 Å². The quantitative estimate of drug-likeness (QED) is 0.486. The zero-order valence-electron chi connectivity index (χ0n) is 20.7. The van der Waals surface area contributed by atoms with Gasteiger partial charge in [0.2, 0.25) is 5.84 Å². The number of amidine groups is 1. The Morgan fingerprint density at radius 2 is 1.85 bits per heavy atom. The monoisotopic (exact) mass is 468 g/mol. The molecular formula is C26H33FN4O3. The Hall–Kier alpha value is -3.81. The largest absolute Gasteiger partial charge is 0.495 e. The number of imidazole rings is 1. The number of halogens is 1. The van der Waals surface area contributed by atoms with Gasteiger partial charge in [-0.1, -0.05) is 43.3 Å². The van der Waals surface area contributed by atoms with Gasteiger partial charge in [-0.15, -0.1) is 0 Å². The smallest absolute Gasteiger partial charge is 0.210 e. The Morgan fingerprint density at radius 3 is 2.41 bits per heavy atom. The maximum absolute atomic E-state index is 11.9. The maximum atomic E-state index is 11.9. The second kappa shape index (κ2) is 13.7. The fourth-order valence-electron chi connectivity index (χ4n) is 3.07. The summed E-state index contributed by atoms with van der Waals surface area (Å²) in [6.07, 6.45) is 5.66. The SMILES string of the molecule is CC.CO/N=C1/C(=C/c2ccc(-n3cnc(C)c3)c(OC)c2)OCCN1C.Fc1ccccc1. The molecule has 1 aliphatic rings. The molecular weight excluding hydrogens is 435 g/mol. The molecule has 7 nitrogen and oxygen atoms in total. The number of oxime groups is 1. The fourth-order valence-corrected chi connectivity index (χ4v) is 3.07. The number of benzene rings is 2. The number of rotatable bonds is 4. The molecule has 34 heavy (non-hydrogen) atoms. The molecule has 3 aromatic rings. The normalized spacial score (nSPS) is 15.0. The van der Waals surface area contributed by atoms with E-state index in [0.29, 0.717) is 18.2 Å². The summed E-state index contributed by atoms with van der Waals surface area (Å²) in [5.74, 6) is 1.91. The standard InChI is InChI=1S/C18H22N4O3.C6H5F.C2H6/c1-13-11-22(12-19-13)15-6-5-14(9-16(15)23-3)10-17-18(20-24-4)21(2)7-8-25-17;7-6-4-2-1-3-5-6;1-2/h5-6,9-12H,7-8H2,1-4H3;1-5H;1-2H3/b17-10-,20-18-;;. The number of aromatic nitrogens is 2. The van der Waals surface area contributed by atoms with Gasteiger partial charge in [0, 0.05) is 13.2 Å². The van der Waals surface area contributed by atoms with E-state index in [2.05, 4.69) is 10.1 Å². The molecule has 4 rings (SSSR count). The van der Waals surface area contributed by atoms with E-state index in [0.717, 1.165) is 29.2 Å². The third-order valence-corrected chi connectivity index (χ3v) is 4.67. The van der Waals surface area contributed by atoms with E-state index < -0.39 is 0 Å². The molecule has 182 valence electrons. The van der Waals surface area contributed by atoms with Crippen molar-refractivity contribution in [3.05, 3.63) is 83.9 Å². The van der Waals surface area contributed by atoms with Gasteiger partial charge in [-0.3, -0.25) is 0 Å². The van der Waals surface area contributed by atoms with E-state index in [1.54, 1.807) is 31.6 Å². The van der Waals surface area contributed by atoms with Gasteiger partial charge in [0.15, 0.2) is 5.76 Å². The molecule has 1 saturated heterocycles. The number of morpholine rings is 1. The fraction of sp³-hybridized carbons (Fsp3) is 0.308. The van der Waals surface area contributed by atoms with Crippen LogP contribution < -0.4 is 4.74 Å². The molecule has 0 saturated carbocycles. The van der Waals surface area contributed by atoms with Crippen molar-refractivity contribution in [1.82, 2.24) is 14.5 Å². The lowest BCUT2D eigenvalue weighted by molar-refractivity contribution is 0.161. The van der Waals surface area contributed by atoms with Crippen LogP contribution in [0, 0.1) is 12.7 Å². The van der Waals surface area contributed by atoms with Gasteiger partial charge in [-0.25, -0.2) is 9.37 Å². The van der Waals surface area contributed by atoms with E-state index in [4.69, 9.17) is 14.3 Å². The first-order valence-corrected chi connectivity index (χ1v) is 11.1. The van der Waals surface area contributed by atoms with Crippen LogP contribution in [-0.2, 0) is 9.57 Å². The summed E-state index contributed by atoms with van der Waals surface area (Å²) < 4.78 is 25.2. The summed E-state index contributed by atoms with van der Waals surface area (Å²) >= 11 is 0. The Morgan fingerprint density at radius 1 is 1.12 bits per heavy atom. The number of likely N-dealkylation sites (N-methyl/N-ethyl adjacent to an activating group) is 1. The first-order chi connectivity index (χ1) is 16.5. The summed E-state index contributed by atoms with van der Waals surface area (Å²) in [4.78, 5) is 11.2. The first kappa shape index (κ1) is 26.4. The number of hydrogen-bond donors (Lipinski definition) is 0. The third-order valence-electron chi connectivity index (χ3n) is 4.67. The number of hydrogen-bond acceptors (Lipinski definition) is 5. The highest BCUT2D eigenvalue weighted by atomic mass is 19.1. The second-order valence-corrected chi connectivity index (χ2v) is 7.03. The molecule has 0 radical (unpaired) electrons. The van der Waals surface area contributed by atoms with Gasteiger partial charge in [0.25, 0.3) is 0 Å². The van der Waals surface area contributed by atoms with Gasteiger partial charge in [-0.2, -0.15) is 0 Å². The van der Waals surface area contributed by atoms with E-state index in [1.807, 2.05) is 67.8 Å². The number of ether oxygens (including phenoxy) is 2. The van der Waals surface area contributed by atoms with Crippen LogP contribution in [-0.4, -0.2) is 54.7 Å². The number of methoxy groups -OCH3 is 1. The Kier molecular flexibility index (Phi) is 10.6. The summed E-state index contributed by atoms with van der Waals surface area (Å²) in [5, 5.41) is 4.06. The highest BCUT2D eigenvalue weighted by Gasteiger charge is 2.20. The molecule has 0 amide bonds. The van der Waals surface area contributed by atoms with Crippen molar-refractivity contribution in [2.24, 2.45) is 5.16 Å². The topological polar surface area (TPSA) is 61.1 Å². The Labute approximate surface area is 201 Å². The van der Waals surface area contributed by atoms with Crippen molar-refractivity contribution in [1.29, 1.82) is 0 Å². The minimum atomic E-state index is -0.178. The molecule has 2 aromatic carbocycles. The molecule has 1 fully saturated rings. The van der Waals surface area contributed by atoms with Crippen molar-refractivity contribution < 1.29 is 18.7 Å². The highest BCUT2D eigenvalue weighted by Crippen LogP contribution is 2.26. The van der Waals surface area contributed by atoms with Gasteiger partial charge in [0.05, 0.1) is 31.4 Å². The van der Waals surface area contributed by atoms with Gasteiger partial charge in [0.1, 0.15) is 25.3 Å². The molecule has 0 bridgehead atoms. The van der Waals surface area contributed by atoms with E-state index in [-0.39, 0.29) is 5.82 Å². The molecule has 0 N–H and O–H groups in total. The van der Waals surface area contributed by atoms with Crippen molar-refractivity contribution in [3.8, 4) is 11.4 Å². The lowest BCUT2D eigenvalue weighted by Gasteiger charge is -2.27. The molecule has 0 atom stereocenters. The number of aryl methyl sites for hydroxylation is 1. The summed E-state index contributed by atoms with van der Waals surface area (Å²) in [5.41, 5.74) is 2.83. The summed E-state index contributed by atoms with van der Waals surface area (Å²) in [7, 11) is 5.14. The molecule has 0 aliphatic carbocycles. The second-order valence-electron chi connectivity index (χ2n) is 7.03.